The quantitative estimate of drug-likeness (QED) is 0.857. The summed E-state index contributed by atoms with van der Waals surface area (Å²) in [5.41, 5.74) is 1.23. The molecular weight excluding hydrogens is 248 g/mol. The number of ether oxygens (including phenoxy) is 1. The van der Waals surface area contributed by atoms with Gasteiger partial charge in [0.1, 0.15) is 5.75 Å². The fraction of sp³-hybridized carbons (Fsp3) is 0.667. The van der Waals surface area contributed by atoms with Crippen LogP contribution in [0.25, 0.3) is 0 Å². The van der Waals surface area contributed by atoms with Crippen LogP contribution in [-0.4, -0.2) is 18.8 Å². The molecule has 4 unspecified atom stereocenters. The summed E-state index contributed by atoms with van der Waals surface area (Å²) in [6, 6.07) is 8.21. The predicted molar refractivity (Wildman–Crippen MR) is 80.8 cm³/mol. The van der Waals surface area contributed by atoms with Gasteiger partial charge in [-0.05, 0) is 67.4 Å². The molecule has 2 aliphatic carbocycles. The minimum absolute atomic E-state index is 0.298. The molecule has 1 N–H and O–H groups in total. The van der Waals surface area contributed by atoms with Crippen LogP contribution in [0.15, 0.2) is 24.3 Å². The molecule has 2 heteroatoms. The van der Waals surface area contributed by atoms with E-state index in [4.69, 9.17) is 4.74 Å². The molecule has 3 rings (SSSR count). The van der Waals surface area contributed by atoms with Gasteiger partial charge in [0, 0.05) is 6.61 Å². The lowest BCUT2D eigenvalue weighted by molar-refractivity contribution is 0.177. The van der Waals surface area contributed by atoms with Gasteiger partial charge in [0.2, 0.25) is 0 Å². The van der Waals surface area contributed by atoms with Gasteiger partial charge in [-0.1, -0.05) is 24.6 Å². The molecule has 0 spiro atoms. The van der Waals surface area contributed by atoms with Crippen LogP contribution in [0.3, 0.4) is 0 Å². The fourth-order valence-electron chi connectivity index (χ4n) is 4.50. The third-order valence-corrected chi connectivity index (χ3v) is 5.48. The maximum Gasteiger partial charge on any atom is 0.122 e. The van der Waals surface area contributed by atoms with Crippen molar-refractivity contribution in [3.8, 4) is 5.75 Å². The summed E-state index contributed by atoms with van der Waals surface area (Å²) >= 11 is 0. The first kappa shape index (κ1) is 13.9. The molecule has 0 amide bonds. The topological polar surface area (TPSA) is 29.5 Å². The van der Waals surface area contributed by atoms with Crippen molar-refractivity contribution in [3.05, 3.63) is 29.8 Å². The van der Waals surface area contributed by atoms with Crippen molar-refractivity contribution in [2.45, 2.75) is 38.5 Å². The van der Waals surface area contributed by atoms with Crippen LogP contribution in [-0.2, 0) is 6.42 Å². The monoisotopic (exact) mass is 274 g/mol. The molecule has 0 heterocycles. The highest BCUT2D eigenvalue weighted by atomic mass is 16.5. The molecule has 2 fully saturated rings. The normalized spacial score (nSPS) is 29.6. The van der Waals surface area contributed by atoms with Gasteiger partial charge in [0.05, 0.1) is 7.11 Å². The standard InChI is InChI=1S/C18H26O2/c1-20-18-5-3-2-4-16(18)10-14(12-19)11-17-9-13-6-7-15(17)8-13/h2-5,13-15,17,19H,6-12H2,1H3. The van der Waals surface area contributed by atoms with Crippen molar-refractivity contribution in [1.82, 2.24) is 0 Å². The zero-order valence-electron chi connectivity index (χ0n) is 12.4. The molecule has 110 valence electrons. The number of fused-ring (bicyclic) bond motifs is 2. The van der Waals surface area contributed by atoms with Crippen LogP contribution in [0.2, 0.25) is 0 Å². The van der Waals surface area contributed by atoms with E-state index in [2.05, 4.69) is 12.1 Å². The Kier molecular flexibility index (Phi) is 4.30. The van der Waals surface area contributed by atoms with Crippen LogP contribution in [0, 0.1) is 23.7 Å². The van der Waals surface area contributed by atoms with Gasteiger partial charge < -0.3 is 9.84 Å². The fourth-order valence-corrected chi connectivity index (χ4v) is 4.50. The van der Waals surface area contributed by atoms with Gasteiger partial charge >= 0.3 is 0 Å². The Hall–Kier alpha value is -1.02. The van der Waals surface area contributed by atoms with Crippen molar-refractivity contribution in [2.24, 2.45) is 23.7 Å². The van der Waals surface area contributed by atoms with E-state index in [1.807, 2.05) is 12.1 Å². The minimum Gasteiger partial charge on any atom is -0.496 e. The van der Waals surface area contributed by atoms with E-state index in [1.54, 1.807) is 7.11 Å². The highest BCUT2D eigenvalue weighted by molar-refractivity contribution is 5.33. The van der Waals surface area contributed by atoms with Gasteiger partial charge in [-0.3, -0.25) is 0 Å². The van der Waals surface area contributed by atoms with E-state index < -0.39 is 0 Å². The van der Waals surface area contributed by atoms with Gasteiger partial charge in [-0.15, -0.1) is 0 Å². The summed E-state index contributed by atoms with van der Waals surface area (Å²) in [5.74, 6) is 4.15. The minimum atomic E-state index is 0.298. The Morgan fingerprint density at radius 1 is 1.25 bits per heavy atom. The molecule has 2 bridgehead atoms. The second kappa shape index (κ2) is 6.17. The van der Waals surface area contributed by atoms with Crippen molar-refractivity contribution < 1.29 is 9.84 Å². The van der Waals surface area contributed by atoms with E-state index in [1.165, 1.54) is 37.7 Å². The Bertz CT molecular complexity index is 443. The van der Waals surface area contributed by atoms with Crippen LogP contribution in [0.4, 0.5) is 0 Å². The number of hydrogen-bond acceptors (Lipinski definition) is 2. The molecule has 2 saturated carbocycles. The summed E-state index contributed by atoms with van der Waals surface area (Å²) in [4.78, 5) is 0. The van der Waals surface area contributed by atoms with E-state index in [0.717, 1.165) is 29.9 Å². The third-order valence-electron chi connectivity index (χ3n) is 5.48. The zero-order valence-corrected chi connectivity index (χ0v) is 12.4. The highest BCUT2D eigenvalue weighted by Crippen LogP contribution is 2.50. The Morgan fingerprint density at radius 2 is 2.10 bits per heavy atom. The van der Waals surface area contributed by atoms with Crippen LogP contribution < -0.4 is 4.74 Å². The Labute approximate surface area is 122 Å². The van der Waals surface area contributed by atoms with Gasteiger partial charge in [-0.2, -0.15) is 0 Å². The number of methoxy groups -OCH3 is 1. The van der Waals surface area contributed by atoms with E-state index in [-0.39, 0.29) is 0 Å². The third kappa shape index (κ3) is 2.85. The number of benzene rings is 1. The van der Waals surface area contributed by atoms with Crippen LogP contribution in [0.5, 0.6) is 5.75 Å². The molecule has 0 aliphatic heterocycles. The summed E-state index contributed by atoms with van der Waals surface area (Å²) in [6.07, 6.45) is 7.88. The second-order valence-electron chi connectivity index (χ2n) is 6.74. The van der Waals surface area contributed by atoms with Crippen LogP contribution in [0.1, 0.15) is 37.7 Å². The van der Waals surface area contributed by atoms with Crippen molar-refractivity contribution >= 4 is 0 Å². The van der Waals surface area contributed by atoms with Gasteiger partial charge in [0.15, 0.2) is 0 Å². The molecule has 4 atom stereocenters. The van der Waals surface area contributed by atoms with Crippen molar-refractivity contribution in [3.63, 3.8) is 0 Å². The zero-order chi connectivity index (χ0) is 13.9. The summed E-state index contributed by atoms with van der Waals surface area (Å²) in [5, 5.41) is 9.74. The van der Waals surface area contributed by atoms with E-state index in [0.29, 0.717) is 12.5 Å². The number of para-hydroxylation sites is 1. The Balaban J connectivity index is 1.62. The number of hydrogen-bond donors (Lipinski definition) is 1. The maximum atomic E-state index is 9.74. The second-order valence-corrected chi connectivity index (χ2v) is 6.74. The molecule has 1 aromatic carbocycles. The van der Waals surface area contributed by atoms with Gasteiger partial charge in [0.25, 0.3) is 0 Å². The smallest absolute Gasteiger partial charge is 0.122 e. The van der Waals surface area contributed by atoms with Crippen molar-refractivity contribution in [2.75, 3.05) is 13.7 Å². The first-order valence-electron chi connectivity index (χ1n) is 8.03. The lowest BCUT2D eigenvalue weighted by Gasteiger charge is -2.26. The van der Waals surface area contributed by atoms with Crippen LogP contribution >= 0.6 is 0 Å². The SMILES string of the molecule is COc1ccccc1CC(CO)CC1CC2CCC1C2. The molecule has 0 aromatic heterocycles. The number of aliphatic hydroxyl groups is 1. The molecule has 0 saturated heterocycles. The first-order chi connectivity index (χ1) is 9.80. The predicted octanol–water partition coefficient (Wildman–Crippen LogP) is 3.67. The van der Waals surface area contributed by atoms with Gasteiger partial charge in [-0.25, -0.2) is 0 Å². The molecule has 2 nitrogen and oxygen atoms in total. The Morgan fingerprint density at radius 3 is 2.75 bits per heavy atom. The van der Waals surface area contributed by atoms with E-state index >= 15 is 0 Å². The largest absolute Gasteiger partial charge is 0.496 e. The van der Waals surface area contributed by atoms with Crippen molar-refractivity contribution in [1.29, 1.82) is 0 Å². The lowest BCUT2D eigenvalue weighted by atomic mass is 9.80. The molecule has 0 radical (unpaired) electrons. The maximum absolute atomic E-state index is 9.74. The summed E-state index contributed by atoms with van der Waals surface area (Å²) in [7, 11) is 1.72. The molecular formula is C18H26O2. The molecule has 1 aromatic rings. The van der Waals surface area contributed by atoms with E-state index in [9.17, 15) is 5.11 Å². The highest BCUT2D eigenvalue weighted by Gasteiger charge is 2.39. The molecule has 2 aliphatic rings. The lowest BCUT2D eigenvalue weighted by Crippen LogP contribution is -2.19. The summed E-state index contributed by atoms with van der Waals surface area (Å²) < 4.78 is 5.43. The number of rotatable bonds is 6. The average molecular weight is 274 g/mol. The summed E-state index contributed by atoms with van der Waals surface area (Å²) in [6.45, 7) is 0.298. The first-order valence-corrected chi connectivity index (χ1v) is 8.03. The average Bonchev–Trinajstić information content (AvgIpc) is 3.09. The number of aliphatic hydroxyl groups excluding tert-OH is 1. The molecule has 20 heavy (non-hydrogen) atoms.